The van der Waals surface area contributed by atoms with E-state index in [9.17, 15) is 5.11 Å². The van der Waals surface area contributed by atoms with Gasteiger partial charge in [0.05, 0.1) is 12.6 Å². The van der Waals surface area contributed by atoms with E-state index in [4.69, 9.17) is 4.74 Å². The quantitative estimate of drug-likeness (QED) is 0.487. The zero-order chi connectivity index (χ0) is 18.4. The highest BCUT2D eigenvalue weighted by molar-refractivity contribution is 5.83. The predicted octanol–water partition coefficient (Wildman–Crippen LogP) is 2.81. The van der Waals surface area contributed by atoms with Gasteiger partial charge in [0.2, 0.25) is 0 Å². The lowest BCUT2D eigenvalue weighted by molar-refractivity contribution is 0.410. The molecule has 6 nitrogen and oxygen atoms in total. The van der Waals surface area contributed by atoms with E-state index in [0.29, 0.717) is 24.8 Å². The van der Waals surface area contributed by atoms with Crippen LogP contribution in [0.4, 0.5) is 0 Å². The topological polar surface area (TPSA) is 78.8 Å². The van der Waals surface area contributed by atoms with E-state index < -0.39 is 0 Å². The van der Waals surface area contributed by atoms with Gasteiger partial charge in [0.15, 0.2) is 5.96 Å². The molecular weight excluding hydrogens is 328 g/mol. The average Bonchev–Trinajstić information content (AvgIpc) is 2.69. The summed E-state index contributed by atoms with van der Waals surface area (Å²) in [6.45, 7) is 1.05. The number of rotatable bonds is 5. The van der Waals surface area contributed by atoms with Crippen molar-refractivity contribution in [2.75, 3.05) is 14.2 Å². The molecule has 0 saturated heterocycles. The molecule has 26 heavy (non-hydrogen) atoms. The van der Waals surface area contributed by atoms with Crippen molar-refractivity contribution in [3.05, 3.63) is 65.9 Å². The number of ether oxygens (including phenoxy) is 1. The summed E-state index contributed by atoms with van der Waals surface area (Å²) in [5, 5.41) is 17.6. The molecule has 0 atom stereocenters. The number of benzene rings is 2. The SMILES string of the molecule is CN=C(NCc1cc(OC)ccc1O)NCc1ccnc2ccccc12. The maximum absolute atomic E-state index is 9.98. The van der Waals surface area contributed by atoms with Crippen molar-refractivity contribution in [1.29, 1.82) is 0 Å². The normalized spacial score (nSPS) is 11.4. The first-order valence-corrected chi connectivity index (χ1v) is 8.34. The Hall–Kier alpha value is -3.28. The van der Waals surface area contributed by atoms with E-state index in [2.05, 4.69) is 26.7 Å². The number of aliphatic imine (C=N–C) groups is 1. The smallest absolute Gasteiger partial charge is 0.191 e. The molecule has 0 aliphatic rings. The van der Waals surface area contributed by atoms with Crippen molar-refractivity contribution in [2.45, 2.75) is 13.1 Å². The zero-order valence-electron chi connectivity index (χ0n) is 14.9. The van der Waals surface area contributed by atoms with Gasteiger partial charge in [-0.3, -0.25) is 9.98 Å². The summed E-state index contributed by atoms with van der Waals surface area (Å²) >= 11 is 0. The first-order chi connectivity index (χ1) is 12.7. The molecule has 0 radical (unpaired) electrons. The van der Waals surface area contributed by atoms with E-state index in [1.165, 1.54) is 0 Å². The monoisotopic (exact) mass is 350 g/mol. The minimum absolute atomic E-state index is 0.217. The fourth-order valence-corrected chi connectivity index (χ4v) is 2.72. The lowest BCUT2D eigenvalue weighted by Gasteiger charge is -2.14. The van der Waals surface area contributed by atoms with Gasteiger partial charge in [0.1, 0.15) is 11.5 Å². The van der Waals surface area contributed by atoms with Crippen molar-refractivity contribution in [1.82, 2.24) is 15.6 Å². The lowest BCUT2D eigenvalue weighted by atomic mass is 10.1. The number of nitrogens with one attached hydrogen (secondary N) is 2. The number of hydrogen-bond acceptors (Lipinski definition) is 4. The molecule has 134 valence electrons. The molecule has 1 heterocycles. The van der Waals surface area contributed by atoms with Gasteiger partial charge in [-0.15, -0.1) is 0 Å². The van der Waals surface area contributed by atoms with E-state index in [1.54, 1.807) is 32.4 Å². The number of pyridine rings is 1. The third kappa shape index (κ3) is 4.03. The summed E-state index contributed by atoms with van der Waals surface area (Å²) in [6.07, 6.45) is 1.81. The van der Waals surface area contributed by atoms with Gasteiger partial charge < -0.3 is 20.5 Å². The standard InChI is InChI=1S/C20H22N4O2/c1-21-20(24-13-15-11-16(26-2)7-8-19(15)25)23-12-14-9-10-22-18-6-4-3-5-17(14)18/h3-11,25H,12-13H2,1-2H3,(H2,21,23,24). The van der Waals surface area contributed by atoms with Crippen molar-refractivity contribution in [2.24, 2.45) is 4.99 Å². The first-order valence-electron chi connectivity index (χ1n) is 8.34. The van der Waals surface area contributed by atoms with Crippen LogP contribution >= 0.6 is 0 Å². The van der Waals surface area contributed by atoms with Crippen LogP contribution in [-0.2, 0) is 13.1 Å². The van der Waals surface area contributed by atoms with Crippen LogP contribution in [0, 0.1) is 0 Å². The number of aromatic hydroxyl groups is 1. The fourth-order valence-electron chi connectivity index (χ4n) is 2.72. The second kappa shape index (κ2) is 8.20. The molecule has 0 spiro atoms. The summed E-state index contributed by atoms with van der Waals surface area (Å²) < 4.78 is 5.20. The highest BCUT2D eigenvalue weighted by atomic mass is 16.5. The molecule has 3 rings (SSSR count). The number of hydrogen-bond donors (Lipinski definition) is 3. The Bertz CT molecular complexity index is 919. The highest BCUT2D eigenvalue weighted by Gasteiger charge is 2.06. The fraction of sp³-hybridized carbons (Fsp3) is 0.200. The Morgan fingerprint density at radius 3 is 2.62 bits per heavy atom. The molecule has 0 saturated carbocycles. The zero-order valence-corrected chi connectivity index (χ0v) is 14.9. The number of methoxy groups -OCH3 is 1. The van der Waals surface area contributed by atoms with Crippen LogP contribution in [0.5, 0.6) is 11.5 Å². The van der Waals surface area contributed by atoms with Crippen LogP contribution in [0.2, 0.25) is 0 Å². The second-order valence-electron chi connectivity index (χ2n) is 5.76. The van der Waals surface area contributed by atoms with Gasteiger partial charge >= 0.3 is 0 Å². The molecule has 0 aliphatic heterocycles. The van der Waals surface area contributed by atoms with E-state index in [-0.39, 0.29) is 5.75 Å². The summed E-state index contributed by atoms with van der Waals surface area (Å²) in [7, 11) is 3.31. The minimum Gasteiger partial charge on any atom is -0.508 e. The molecule has 2 aromatic carbocycles. The van der Waals surface area contributed by atoms with Gasteiger partial charge in [-0.05, 0) is 35.9 Å². The van der Waals surface area contributed by atoms with E-state index in [1.807, 2.05) is 30.5 Å². The molecule has 0 amide bonds. The van der Waals surface area contributed by atoms with Crippen LogP contribution in [0.1, 0.15) is 11.1 Å². The first kappa shape index (κ1) is 17.5. The summed E-state index contributed by atoms with van der Waals surface area (Å²) in [5.74, 6) is 1.56. The Morgan fingerprint density at radius 1 is 1.08 bits per heavy atom. The van der Waals surface area contributed by atoms with Crippen molar-refractivity contribution in [3.63, 3.8) is 0 Å². The summed E-state index contributed by atoms with van der Waals surface area (Å²) in [6, 6.07) is 15.2. The minimum atomic E-state index is 0.217. The molecular formula is C20H22N4O2. The third-order valence-electron chi connectivity index (χ3n) is 4.14. The van der Waals surface area contributed by atoms with Crippen molar-refractivity contribution in [3.8, 4) is 11.5 Å². The van der Waals surface area contributed by atoms with Crippen LogP contribution in [0.3, 0.4) is 0 Å². The Kier molecular flexibility index (Phi) is 5.53. The molecule has 6 heteroatoms. The van der Waals surface area contributed by atoms with Crippen LogP contribution < -0.4 is 15.4 Å². The molecule has 0 bridgehead atoms. The molecule has 0 unspecified atom stereocenters. The van der Waals surface area contributed by atoms with Gasteiger partial charge in [0, 0.05) is 37.3 Å². The number of para-hydroxylation sites is 1. The van der Waals surface area contributed by atoms with Crippen LogP contribution in [-0.4, -0.2) is 30.2 Å². The van der Waals surface area contributed by atoms with Gasteiger partial charge in [-0.2, -0.15) is 0 Å². The Balaban J connectivity index is 1.65. The van der Waals surface area contributed by atoms with E-state index >= 15 is 0 Å². The molecule has 0 aliphatic carbocycles. The maximum Gasteiger partial charge on any atom is 0.191 e. The van der Waals surface area contributed by atoms with Crippen LogP contribution in [0.15, 0.2) is 59.7 Å². The number of guanidine groups is 1. The molecule has 1 aromatic heterocycles. The maximum atomic E-state index is 9.98. The number of phenolic OH excluding ortho intramolecular Hbond substituents is 1. The number of phenols is 1. The lowest BCUT2D eigenvalue weighted by Crippen LogP contribution is -2.36. The Labute approximate surface area is 152 Å². The number of fused-ring (bicyclic) bond motifs is 1. The van der Waals surface area contributed by atoms with Crippen molar-refractivity contribution < 1.29 is 9.84 Å². The number of nitrogens with zero attached hydrogens (tertiary/aromatic N) is 2. The summed E-state index contributed by atoms with van der Waals surface area (Å²) in [5.41, 5.74) is 2.85. The molecule has 3 N–H and O–H groups in total. The Morgan fingerprint density at radius 2 is 1.85 bits per heavy atom. The van der Waals surface area contributed by atoms with E-state index in [0.717, 1.165) is 22.0 Å². The highest BCUT2D eigenvalue weighted by Crippen LogP contribution is 2.22. The summed E-state index contributed by atoms with van der Waals surface area (Å²) in [4.78, 5) is 8.61. The molecule has 0 fully saturated rings. The predicted molar refractivity (Wildman–Crippen MR) is 103 cm³/mol. The molecule has 3 aromatic rings. The van der Waals surface area contributed by atoms with Gasteiger partial charge in [-0.25, -0.2) is 0 Å². The van der Waals surface area contributed by atoms with Crippen molar-refractivity contribution >= 4 is 16.9 Å². The third-order valence-corrected chi connectivity index (χ3v) is 4.14. The van der Waals surface area contributed by atoms with Crippen LogP contribution in [0.25, 0.3) is 10.9 Å². The second-order valence-corrected chi connectivity index (χ2v) is 5.76. The largest absolute Gasteiger partial charge is 0.508 e. The number of aromatic nitrogens is 1. The van der Waals surface area contributed by atoms with Gasteiger partial charge in [0.25, 0.3) is 0 Å². The average molecular weight is 350 g/mol. The van der Waals surface area contributed by atoms with Gasteiger partial charge in [-0.1, -0.05) is 18.2 Å².